The monoisotopic (exact) mass is 464 g/mol. The van der Waals surface area contributed by atoms with Gasteiger partial charge < -0.3 is 14.8 Å². The van der Waals surface area contributed by atoms with Gasteiger partial charge in [0.25, 0.3) is 5.91 Å². The highest BCUT2D eigenvalue weighted by Gasteiger charge is 2.33. The molecule has 3 rings (SSSR count). The van der Waals surface area contributed by atoms with Gasteiger partial charge in [0.15, 0.2) is 6.61 Å². The van der Waals surface area contributed by atoms with Gasteiger partial charge in [-0.05, 0) is 43.2 Å². The van der Waals surface area contributed by atoms with E-state index in [4.69, 9.17) is 9.47 Å². The summed E-state index contributed by atoms with van der Waals surface area (Å²) in [7, 11) is -2.17. The summed E-state index contributed by atoms with van der Waals surface area (Å²) in [6, 6.07) is 12.2. The maximum atomic E-state index is 13.6. The second-order valence-electron chi connectivity index (χ2n) is 7.33. The Morgan fingerprint density at radius 1 is 1.09 bits per heavy atom. The molecule has 2 aromatic carbocycles. The highest BCUT2D eigenvalue weighted by Crippen LogP contribution is 2.25. The van der Waals surface area contributed by atoms with Crippen molar-refractivity contribution in [3.63, 3.8) is 0 Å². The molecule has 1 saturated heterocycles. The Labute approximate surface area is 186 Å². The third-order valence-electron chi connectivity index (χ3n) is 5.26. The van der Waals surface area contributed by atoms with Gasteiger partial charge in [0, 0.05) is 25.2 Å². The maximum Gasteiger partial charge on any atom is 0.309 e. The van der Waals surface area contributed by atoms with Gasteiger partial charge in [-0.2, -0.15) is 4.31 Å². The van der Waals surface area contributed by atoms with E-state index >= 15 is 0 Å². The second kappa shape index (κ2) is 10.6. The topological polar surface area (TPSA) is 102 Å². The van der Waals surface area contributed by atoms with Crippen LogP contribution in [0.3, 0.4) is 0 Å². The van der Waals surface area contributed by atoms with Gasteiger partial charge in [-0.1, -0.05) is 18.2 Å². The van der Waals surface area contributed by atoms with Crippen LogP contribution in [0.15, 0.2) is 53.4 Å². The molecule has 0 unspecified atom stereocenters. The second-order valence-corrected chi connectivity index (χ2v) is 9.27. The van der Waals surface area contributed by atoms with Crippen LogP contribution in [0.2, 0.25) is 0 Å². The molecule has 32 heavy (non-hydrogen) atoms. The average molecular weight is 465 g/mol. The van der Waals surface area contributed by atoms with Crippen molar-refractivity contribution in [1.29, 1.82) is 0 Å². The van der Waals surface area contributed by atoms with Gasteiger partial charge in [0.05, 0.1) is 17.9 Å². The highest BCUT2D eigenvalue weighted by molar-refractivity contribution is 7.89. The first kappa shape index (κ1) is 23.7. The number of carbonyl (C=O) groups is 2. The zero-order chi connectivity index (χ0) is 23.1. The Morgan fingerprint density at radius 3 is 2.38 bits per heavy atom. The minimum atomic E-state index is -3.67. The fourth-order valence-corrected chi connectivity index (χ4v) is 4.84. The van der Waals surface area contributed by atoms with Crippen molar-refractivity contribution in [3.05, 3.63) is 59.9 Å². The number of rotatable bonds is 8. The maximum absolute atomic E-state index is 13.6. The minimum absolute atomic E-state index is 0.00926. The molecule has 0 radical (unpaired) electrons. The lowest BCUT2D eigenvalue weighted by atomic mass is 9.98. The van der Waals surface area contributed by atoms with Crippen molar-refractivity contribution in [2.24, 2.45) is 5.92 Å². The zero-order valence-corrected chi connectivity index (χ0v) is 18.4. The van der Waals surface area contributed by atoms with E-state index in [1.165, 1.54) is 29.6 Å². The minimum Gasteiger partial charge on any atom is -0.497 e. The van der Waals surface area contributed by atoms with E-state index in [-0.39, 0.29) is 24.5 Å². The zero-order valence-electron chi connectivity index (χ0n) is 17.6. The molecule has 1 N–H and O–H groups in total. The fourth-order valence-electron chi connectivity index (χ4n) is 3.37. The number of nitrogens with zero attached hydrogens (tertiary/aromatic N) is 1. The SMILES string of the molecule is COc1ccc(S(=O)(=O)N2CCC(C(=O)OCC(=O)NCc3ccccc3F)CC2)cc1. The number of methoxy groups -OCH3 is 1. The molecular weight excluding hydrogens is 439 g/mol. The summed E-state index contributed by atoms with van der Waals surface area (Å²) >= 11 is 0. The first-order chi connectivity index (χ1) is 15.3. The number of ether oxygens (including phenoxy) is 2. The Balaban J connectivity index is 1.44. The number of piperidine rings is 1. The van der Waals surface area contributed by atoms with Crippen LogP contribution in [0.25, 0.3) is 0 Å². The van der Waals surface area contributed by atoms with E-state index in [2.05, 4.69) is 5.32 Å². The van der Waals surface area contributed by atoms with Crippen LogP contribution in [-0.4, -0.2) is 51.4 Å². The average Bonchev–Trinajstić information content (AvgIpc) is 2.82. The van der Waals surface area contributed by atoms with Gasteiger partial charge in [-0.15, -0.1) is 0 Å². The Bertz CT molecular complexity index is 1050. The van der Waals surface area contributed by atoms with Crippen molar-refractivity contribution < 1.29 is 31.9 Å². The molecule has 0 saturated carbocycles. The normalized spacial score (nSPS) is 15.2. The van der Waals surface area contributed by atoms with E-state index in [0.29, 0.717) is 24.2 Å². The van der Waals surface area contributed by atoms with Gasteiger partial charge in [-0.25, -0.2) is 12.8 Å². The highest BCUT2D eigenvalue weighted by atomic mass is 32.2. The van der Waals surface area contributed by atoms with Crippen LogP contribution < -0.4 is 10.1 Å². The number of carbonyl (C=O) groups excluding carboxylic acids is 2. The molecule has 0 spiro atoms. The number of hydrogen-bond acceptors (Lipinski definition) is 6. The van der Waals surface area contributed by atoms with Gasteiger partial charge >= 0.3 is 5.97 Å². The largest absolute Gasteiger partial charge is 0.497 e. The first-order valence-electron chi connectivity index (χ1n) is 10.1. The van der Waals surface area contributed by atoms with Crippen LogP contribution in [0.1, 0.15) is 18.4 Å². The van der Waals surface area contributed by atoms with Crippen molar-refractivity contribution in [3.8, 4) is 5.75 Å². The molecule has 1 amide bonds. The van der Waals surface area contributed by atoms with Gasteiger partial charge in [0.2, 0.25) is 10.0 Å². The molecule has 1 fully saturated rings. The van der Waals surface area contributed by atoms with Crippen molar-refractivity contribution in [2.45, 2.75) is 24.3 Å². The number of benzene rings is 2. The third kappa shape index (κ3) is 5.83. The van der Waals surface area contributed by atoms with Crippen molar-refractivity contribution in [2.75, 3.05) is 26.8 Å². The number of halogens is 1. The van der Waals surface area contributed by atoms with Crippen molar-refractivity contribution in [1.82, 2.24) is 9.62 Å². The lowest BCUT2D eigenvalue weighted by Crippen LogP contribution is -2.41. The van der Waals surface area contributed by atoms with Crippen molar-refractivity contribution >= 4 is 21.9 Å². The summed E-state index contributed by atoms with van der Waals surface area (Å²) in [5, 5.41) is 2.50. The Morgan fingerprint density at radius 2 is 1.75 bits per heavy atom. The standard InChI is InChI=1S/C22H25FN2O6S/c1-30-18-6-8-19(9-7-18)32(28,29)25-12-10-16(11-13-25)22(27)31-15-21(26)24-14-17-4-2-3-5-20(17)23/h2-9,16H,10-15H2,1H3,(H,24,26). The van der Waals surface area contributed by atoms with Crippen LogP contribution in [0.5, 0.6) is 5.75 Å². The molecule has 1 aliphatic rings. The number of amides is 1. The third-order valence-corrected chi connectivity index (χ3v) is 7.18. The van der Waals surface area contributed by atoms with Gasteiger partial charge in [-0.3, -0.25) is 9.59 Å². The molecule has 0 atom stereocenters. The predicted molar refractivity (Wildman–Crippen MR) is 114 cm³/mol. The summed E-state index contributed by atoms with van der Waals surface area (Å²) in [6.45, 7) is -0.135. The fraction of sp³-hybridized carbons (Fsp3) is 0.364. The number of esters is 1. The molecular formula is C22H25FN2O6S. The summed E-state index contributed by atoms with van der Waals surface area (Å²) < 4.78 is 50.6. The van der Waals surface area contributed by atoms with Crippen LogP contribution in [0, 0.1) is 11.7 Å². The molecule has 0 bridgehead atoms. The van der Waals surface area contributed by atoms with Crippen LogP contribution in [0.4, 0.5) is 4.39 Å². The number of hydrogen-bond donors (Lipinski definition) is 1. The Kier molecular flexibility index (Phi) is 7.81. The molecule has 10 heteroatoms. The quantitative estimate of drug-likeness (QED) is 0.601. The predicted octanol–water partition coefficient (Wildman–Crippen LogP) is 2.09. The molecule has 8 nitrogen and oxygen atoms in total. The van der Waals surface area contributed by atoms with E-state index in [1.54, 1.807) is 30.3 Å². The van der Waals surface area contributed by atoms with E-state index in [9.17, 15) is 22.4 Å². The van der Waals surface area contributed by atoms with Crippen LogP contribution in [-0.2, 0) is 30.9 Å². The summed E-state index contributed by atoms with van der Waals surface area (Å²) in [6.07, 6.45) is 0.593. The number of nitrogens with one attached hydrogen (secondary N) is 1. The molecule has 172 valence electrons. The van der Waals surface area contributed by atoms with E-state index in [0.717, 1.165) is 0 Å². The Hall–Kier alpha value is -2.98. The summed E-state index contributed by atoms with van der Waals surface area (Å²) in [5.74, 6) is -1.45. The summed E-state index contributed by atoms with van der Waals surface area (Å²) in [4.78, 5) is 24.3. The lowest BCUT2D eigenvalue weighted by molar-refractivity contribution is -0.153. The molecule has 1 heterocycles. The van der Waals surface area contributed by atoms with Gasteiger partial charge in [0.1, 0.15) is 11.6 Å². The van der Waals surface area contributed by atoms with E-state index in [1.807, 2.05) is 0 Å². The lowest BCUT2D eigenvalue weighted by Gasteiger charge is -2.30. The first-order valence-corrected chi connectivity index (χ1v) is 11.6. The number of sulfonamides is 1. The summed E-state index contributed by atoms with van der Waals surface area (Å²) in [5.41, 5.74) is 0.331. The van der Waals surface area contributed by atoms with E-state index < -0.39 is 40.2 Å². The molecule has 1 aliphatic heterocycles. The molecule has 0 aliphatic carbocycles. The molecule has 2 aromatic rings. The smallest absolute Gasteiger partial charge is 0.309 e. The van der Waals surface area contributed by atoms with Crippen LogP contribution >= 0.6 is 0 Å². The molecule has 0 aromatic heterocycles.